The van der Waals surface area contributed by atoms with Crippen LogP contribution >= 0.6 is 0 Å². The lowest BCUT2D eigenvalue weighted by Crippen LogP contribution is -2.30. The minimum absolute atomic E-state index is 0.295. The molecule has 0 aliphatic heterocycles. The maximum absolute atomic E-state index is 10.7. The highest BCUT2D eigenvalue weighted by molar-refractivity contribution is 5.32. The van der Waals surface area contributed by atoms with Crippen molar-refractivity contribution in [3.63, 3.8) is 0 Å². The Kier molecular flexibility index (Phi) is 12.0. The normalized spacial score (nSPS) is 10.5. The number of aliphatic imine (C=N–C) groups is 1. The Morgan fingerprint density at radius 1 is 1.00 bits per heavy atom. The molecule has 0 bridgehead atoms. The van der Waals surface area contributed by atoms with Crippen molar-refractivity contribution in [2.45, 2.75) is 65.4 Å². The van der Waals surface area contributed by atoms with Gasteiger partial charge in [0.1, 0.15) is 0 Å². The van der Waals surface area contributed by atoms with Crippen LogP contribution in [0.5, 0.6) is 0 Å². The van der Waals surface area contributed by atoms with E-state index in [1.807, 2.05) is 27.7 Å². The van der Waals surface area contributed by atoms with Gasteiger partial charge >= 0.3 is 0 Å². The molecule has 0 fully saturated rings. The highest BCUT2D eigenvalue weighted by Gasteiger charge is 2.25. The lowest BCUT2D eigenvalue weighted by Gasteiger charge is -2.27. The van der Waals surface area contributed by atoms with Crippen molar-refractivity contribution < 1.29 is 19.4 Å². The first-order chi connectivity index (χ1) is 10.9. The quantitative estimate of drug-likeness (QED) is 0.241. The molecule has 0 amide bonds. The van der Waals surface area contributed by atoms with E-state index in [0.29, 0.717) is 39.0 Å². The van der Waals surface area contributed by atoms with Gasteiger partial charge in [0.05, 0.1) is 37.9 Å². The zero-order valence-electron chi connectivity index (χ0n) is 14.9. The molecule has 0 aromatic carbocycles. The zero-order valence-corrected chi connectivity index (χ0v) is 14.9. The molecule has 0 heterocycles. The van der Waals surface area contributed by atoms with E-state index in [0.717, 1.165) is 24.0 Å². The van der Waals surface area contributed by atoms with Gasteiger partial charge in [-0.15, -0.1) is 0 Å². The average Bonchev–Trinajstić information content (AvgIpc) is 2.46. The average molecular weight is 325 g/mol. The summed E-state index contributed by atoms with van der Waals surface area (Å²) in [7, 11) is 0. The predicted molar refractivity (Wildman–Crippen MR) is 91.8 cm³/mol. The van der Waals surface area contributed by atoms with Crippen LogP contribution in [0.25, 0.3) is 0 Å². The van der Waals surface area contributed by atoms with Gasteiger partial charge in [-0.25, -0.2) is 9.79 Å². The van der Waals surface area contributed by atoms with E-state index in [2.05, 4.69) is 4.99 Å². The van der Waals surface area contributed by atoms with Crippen LogP contribution in [-0.4, -0.2) is 36.5 Å². The van der Waals surface area contributed by atoms with Gasteiger partial charge in [0.25, 0.3) is 0 Å². The molecule has 0 unspecified atom stereocenters. The molecular weight excluding hydrogens is 294 g/mol. The van der Waals surface area contributed by atoms with E-state index >= 15 is 0 Å². The highest BCUT2D eigenvalue weighted by atomic mass is 16.5. The number of aliphatic hydroxyl groups is 1. The van der Waals surface area contributed by atoms with E-state index in [4.69, 9.17) is 9.47 Å². The lowest BCUT2D eigenvalue weighted by molar-refractivity contribution is 0.00438. The Morgan fingerprint density at radius 3 is 1.87 bits per heavy atom. The molecule has 0 saturated heterocycles. The number of rotatable bonds is 13. The third-order valence-corrected chi connectivity index (χ3v) is 3.20. The second-order valence-electron chi connectivity index (χ2n) is 6.29. The van der Waals surface area contributed by atoms with Crippen LogP contribution in [0.2, 0.25) is 0 Å². The summed E-state index contributed by atoms with van der Waals surface area (Å²) in [6.45, 7) is 9.32. The molecule has 0 aromatic heterocycles. The van der Waals surface area contributed by atoms with Crippen molar-refractivity contribution in [3.05, 3.63) is 23.7 Å². The predicted octanol–water partition coefficient (Wildman–Crippen LogP) is 3.88. The summed E-state index contributed by atoms with van der Waals surface area (Å²) in [4.78, 5) is 13.7. The summed E-state index contributed by atoms with van der Waals surface area (Å²) in [5.74, 6) is 0. The summed E-state index contributed by atoms with van der Waals surface area (Å²) in [5.41, 5.74) is 1.37. The molecule has 0 radical (unpaired) electrons. The van der Waals surface area contributed by atoms with Crippen LogP contribution in [0, 0.1) is 0 Å². The third kappa shape index (κ3) is 13.8. The minimum Gasteiger partial charge on any atom is -0.501 e. The van der Waals surface area contributed by atoms with Crippen molar-refractivity contribution in [2.75, 3.05) is 19.8 Å². The Morgan fingerprint density at radius 2 is 1.48 bits per heavy atom. The van der Waals surface area contributed by atoms with E-state index in [9.17, 15) is 9.90 Å². The molecule has 0 aromatic rings. The minimum atomic E-state index is -0.844. The summed E-state index contributed by atoms with van der Waals surface area (Å²) < 4.78 is 10.8. The van der Waals surface area contributed by atoms with E-state index in [1.54, 1.807) is 12.5 Å². The van der Waals surface area contributed by atoms with Gasteiger partial charge in [0.2, 0.25) is 6.08 Å². The molecule has 5 heteroatoms. The summed E-state index contributed by atoms with van der Waals surface area (Å²) in [5, 5.41) is 10.7. The summed E-state index contributed by atoms with van der Waals surface area (Å²) in [6, 6.07) is 0. The fourth-order valence-corrected chi connectivity index (χ4v) is 2.10. The summed E-state index contributed by atoms with van der Waals surface area (Å²) in [6.07, 6.45) is 8.14. The van der Waals surface area contributed by atoms with Gasteiger partial charge in [-0.2, -0.15) is 0 Å². The molecule has 23 heavy (non-hydrogen) atoms. The van der Waals surface area contributed by atoms with Crippen LogP contribution in [0.1, 0.15) is 59.8 Å². The van der Waals surface area contributed by atoms with Crippen LogP contribution in [-0.2, 0) is 14.3 Å². The third-order valence-electron chi connectivity index (χ3n) is 3.20. The van der Waals surface area contributed by atoms with Gasteiger partial charge in [0, 0.05) is 0 Å². The number of ether oxygens (including phenoxy) is 2. The van der Waals surface area contributed by atoms with Crippen LogP contribution < -0.4 is 0 Å². The second-order valence-corrected chi connectivity index (χ2v) is 6.29. The Balaban J connectivity index is 4.24. The van der Waals surface area contributed by atoms with Gasteiger partial charge in [-0.05, 0) is 70.9 Å². The number of carbonyl (C=O) groups excluding carboxylic acids is 1. The lowest BCUT2D eigenvalue weighted by atomic mass is 9.89. The molecule has 5 nitrogen and oxygen atoms in total. The first kappa shape index (κ1) is 21.4. The number of nitrogens with zero attached hydrogens (tertiary/aromatic N) is 1. The van der Waals surface area contributed by atoms with Gasteiger partial charge in [-0.1, -0.05) is 0 Å². The smallest absolute Gasteiger partial charge is 0.234 e. The van der Waals surface area contributed by atoms with E-state index in [1.165, 1.54) is 6.08 Å². The number of hydrogen-bond acceptors (Lipinski definition) is 5. The molecule has 0 aliphatic rings. The molecule has 0 atom stereocenters. The SMILES string of the molecule is CC(C)=COCCCC(O)(CCCOC=C(C)C)CCN=C=O. The topological polar surface area (TPSA) is 68.1 Å². The largest absolute Gasteiger partial charge is 0.501 e. The van der Waals surface area contributed by atoms with Crippen LogP contribution in [0.15, 0.2) is 28.7 Å². The molecular formula is C18H31NO4. The van der Waals surface area contributed by atoms with Crippen molar-refractivity contribution in [3.8, 4) is 0 Å². The molecule has 0 aliphatic carbocycles. The molecule has 0 rings (SSSR count). The monoisotopic (exact) mass is 325 g/mol. The molecule has 0 spiro atoms. The van der Waals surface area contributed by atoms with Crippen molar-refractivity contribution >= 4 is 6.08 Å². The maximum Gasteiger partial charge on any atom is 0.234 e. The molecule has 0 saturated carbocycles. The standard InChI is InChI=1S/C18H31NO4/c1-16(2)13-22-11-5-7-18(21,9-10-19-15-20)8-6-12-23-14-17(3)4/h13-14,21H,5-12H2,1-4H3. The number of hydrogen-bond donors (Lipinski definition) is 1. The Labute approximate surface area is 140 Å². The van der Waals surface area contributed by atoms with Crippen molar-refractivity contribution in [2.24, 2.45) is 4.99 Å². The fourth-order valence-electron chi connectivity index (χ4n) is 2.10. The maximum atomic E-state index is 10.7. The van der Waals surface area contributed by atoms with Crippen LogP contribution in [0.4, 0.5) is 0 Å². The van der Waals surface area contributed by atoms with Crippen molar-refractivity contribution in [1.29, 1.82) is 0 Å². The first-order valence-corrected chi connectivity index (χ1v) is 8.15. The first-order valence-electron chi connectivity index (χ1n) is 8.15. The van der Waals surface area contributed by atoms with Crippen LogP contribution in [0.3, 0.4) is 0 Å². The Bertz CT molecular complexity index is 389. The highest BCUT2D eigenvalue weighted by Crippen LogP contribution is 2.24. The van der Waals surface area contributed by atoms with Crippen molar-refractivity contribution in [1.82, 2.24) is 0 Å². The fraction of sp³-hybridized carbons (Fsp3) is 0.722. The number of isocyanates is 1. The van der Waals surface area contributed by atoms with E-state index < -0.39 is 5.60 Å². The zero-order chi connectivity index (χ0) is 17.6. The summed E-state index contributed by atoms with van der Waals surface area (Å²) >= 11 is 0. The second kappa shape index (κ2) is 12.9. The Hall–Kier alpha value is -1.58. The van der Waals surface area contributed by atoms with E-state index in [-0.39, 0.29) is 0 Å². The molecule has 1 N–H and O–H groups in total. The number of allylic oxidation sites excluding steroid dienone is 2. The van der Waals surface area contributed by atoms with Gasteiger partial charge in [-0.3, -0.25) is 0 Å². The molecule has 132 valence electrons. The van der Waals surface area contributed by atoms with Gasteiger partial charge in [0.15, 0.2) is 0 Å². The van der Waals surface area contributed by atoms with Gasteiger partial charge < -0.3 is 14.6 Å².